The zero-order valence-corrected chi connectivity index (χ0v) is 16.4. The number of Topliss-reactive ketones (excluding diaryl/α,β-unsaturated/α-hetero) is 1. The minimum Gasteiger partial charge on any atom is -0.294 e. The van der Waals surface area contributed by atoms with E-state index in [4.69, 9.17) is 0 Å². The Hall–Kier alpha value is -3.02. The summed E-state index contributed by atoms with van der Waals surface area (Å²) in [6.07, 6.45) is 3.14. The number of aryl methyl sites for hydroxylation is 2. The molecule has 1 aliphatic rings. The van der Waals surface area contributed by atoms with Crippen LogP contribution in [0.2, 0.25) is 0 Å². The number of aromatic nitrogens is 3. The van der Waals surface area contributed by atoms with Crippen LogP contribution < -0.4 is 11.2 Å². The van der Waals surface area contributed by atoms with Gasteiger partial charge in [-0.25, -0.2) is 9.78 Å². The van der Waals surface area contributed by atoms with Gasteiger partial charge in [0.2, 0.25) is 0 Å². The van der Waals surface area contributed by atoms with Crippen LogP contribution in [-0.4, -0.2) is 19.9 Å². The molecular formula is C22H23N3O3. The number of carbonyl (C=O) groups is 1. The standard InChI is InChI=1S/C22H23N3O3/c1-22(2)11-15-16(17(26)12-22)13-23-19-18(15)20(27)25(21(28)24(19)3)10-9-14-7-5-4-6-8-14/h4-8,13H,9-12H2,1-3H3. The molecule has 0 N–H and O–H groups in total. The van der Waals surface area contributed by atoms with Gasteiger partial charge in [0.25, 0.3) is 5.56 Å². The smallest absolute Gasteiger partial charge is 0.294 e. The summed E-state index contributed by atoms with van der Waals surface area (Å²) < 4.78 is 2.68. The summed E-state index contributed by atoms with van der Waals surface area (Å²) in [5, 5.41) is 0.397. The first-order valence-electron chi connectivity index (χ1n) is 9.47. The van der Waals surface area contributed by atoms with Gasteiger partial charge in [-0.15, -0.1) is 0 Å². The molecule has 0 spiro atoms. The molecule has 3 aromatic rings. The van der Waals surface area contributed by atoms with Crippen molar-refractivity contribution in [3.63, 3.8) is 0 Å². The molecule has 2 heterocycles. The van der Waals surface area contributed by atoms with E-state index in [1.165, 1.54) is 15.3 Å². The van der Waals surface area contributed by atoms with Crippen LogP contribution in [0.4, 0.5) is 0 Å². The summed E-state index contributed by atoms with van der Waals surface area (Å²) >= 11 is 0. The van der Waals surface area contributed by atoms with Crippen molar-refractivity contribution < 1.29 is 4.79 Å². The number of fused-ring (bicyclic) bond motifs is 3. The molecule has 1 aliphatic carbocycles. The third kappa shape index (κ3) is 2.99. The Labute approximate surface area is 162 Å². The van der Waals surface area contributed by atoms with Crippen LogP contribution in [0.25, 0.3) is 11.0 Å². The molecule has 0 fully saturated rings. The highest BCUT2D eigenvalue weighted by Crippen LogP contribution is 2.36. The second kappa shape index (κ2) is 6.55. The quantitative estimate of drug-likeness (QED) is 0.703. The van der Waals surface area contributed by atoms with E-state index in [1.54, 1.807) is 7.05 Å². The molecule has 28 heavy (non-hydrogen) atoms. The molecule has 4 rings (SSSR count). The van der Waals surface area contributed by atoms with Crippen molar-refractivity contribution in [3.05, 3.63) is 74.1 Å². The fourth-order valence-corrected chi connectivity index (χ4v) is 4.09. The van der Waals surface area contributed by atoms with E-state index in [1.807, 2.05) is 44.2 Å². The molecule has 0 bridgehead atoms. The predicted molar refractivity (Wildman–Crippen MR) is 108 cm³/mol. The van der Waals surface area contributed by atoms with Crippen LogP contribution in [0.3, 0.4) is 0 Å². The van der Waals surface area contributed by atoms with Gasteiger partial charge in [0.05, 0.1) is 5.39 Å². The van der Waals surface area contributed by atoms with Crippen LogP contribution in [-0.2, 0) is 26.4 Å². The Morgan fingerprint density at radius 1 is 1.07 bits per heavy atom. The molecule has 0 unspecified atom stereocenters. The maximum absolute atomic E-state index is 13.3. The van der Waals surface area contributed by atoms with Gasteiger partial charge in [0, 0.05) is 31.8 Å². The normalized spacial score (nSPS) is 15.6. The van der Waals surface area contributed by atoms with E-state index in [9.17, 15) is 14.4 Å². The third-order valence-electron chi connectivity index (χ3n) is 5.52. The topological polar surface area (TPSA) is 74.0 Å². The number of hydrogen-bond acceptors (Lipinski definition) is 4. The molecule has 1 aromatic carbocycles. The maximum atomic E-state index is 13.3. The average molecular weight is 377 g/mol. The molecule has 0 saturated heterocycles. The van der Waals surface area contributed by atoms with Crippen LogP contribution in [0.15, 0.2) is 46.1 Å². The van der Waals surface area contributed by atoms with Crippen molar-refractivity contribution in [1.29, 1.82) is 0 Å². The number of pyridine rings is 1. The van der Waals surface area contributed by atoms with Gasteiger partial charge in [0.15, 0.2) is 5.78 Å². The SMILES string of the molecule is Cn1c(=O)n(CCc2ccccc2)c(=O)c2c3c(cnc21)C(=O)CC(C)(C)C3. The number of rotatable bonds is 3. The summed E-state index contributed by atoms with van der Waals surface area (Å²) in [4.78, 5) is 43.0. The Bertz CT molecular complexity index is 1200. The lowest BCUT2D eigenvalue weighted by Gasteiger charge is -2.30. The average Bonchev–Trinajstić information content (AvgIpc) is 2.65. The van der Waals surface area contributed by atoms with Gasteiger partial charge in [-0.2, -0.15) is 0 Å². The second-order valence-corrected chi connectivity index (χ2v) is 8.32. The third-order valence-corrected chi connectivity index (χ3v) is 5.52. The lowest BCUT2D eigenvalue weighted by atomic mass is 9.73. The largest absolute Gasteiger partial charge is 0.332 e. The minimum absolute atomic E-state index is 0.00439. The van der Waals surface area contributed by atoms with E-state index >= 15 is 0 Å². The first kappa shape index (κ1) is 18.3. The highest BCUT2D eigenvalue weighted by Gasteiger charge is 2.33. The first-order valence-corrected chi connectivity index (χ1v) is 9.47. The zero-order chi connectivity index (χ0) is 20.1. The lowest BCUT2D eigenvalue weighted by molar-refractivity contribution is 0.0912. The Balaban J connectivity index is 1.92. The molecule has 0 amide bonds. The van der Waals surface area contributed by atoms with Gasteiger partial charge >= 0.3 is 5.69 Å². The molecule has 0 saturated carbocycles. The van der Waals surface area contributed by atoms with Crippen molar-refractivity contribution in [2.45, 2.75) is 39.7 Å². The maximum Gasteiger partial charge on any atom is 0.332 e. The van der Waals surface area contributed by atoms with Crippen LogP contribution in [0.1, 0.15) is 41.8 Å². The number of ketones is 1. The van der Waals surface area contributed by atoms with Gasteiger partial charge in [-0.05, 0) is 29.4 Å². The molecule has 6 heteroatoms. The van der Waals surface area contributed by atoms with E-state index in [-0.39, 0.29) is 29.0 Å². The van der Waals surface area contributed by atoms with Crippen molar-refractivity contribution in [1.82, 2.24) is 14.1 Å². The minimum atomic E-state index is -0.387. The number of benzene rings is 1. The Morgan fingerprint density at radius 2 is 1.79 bits per heavy atom. The summed E-state index contributed by atoms with van der Waals surface area (Å²) in [7, 11) is 1.62. The van der Waals surface area contributed by atoms with Crippen LogP contribution in [0, 0.1) is 5.41 Å². The zero-order valence-electron chi connectivity index (χ0n) is 16.4. The molecule has 0 atom stereocenters. The highest BCUT2D eigenvalue weighted by atomic mass is 16.2. The van der Waals surface area contributed by atoms with Crippen LogP contribution in [0.5, 0.6) is 0 Å². The van der Waals surface area contributed by atoms with Crippen LogP contribution >= 0.6 is 0 Å². The summed E-state index contributed by atoms with van der Waals surface area (Å²) in [5.74, 6) is 0.00439. The van der Waals surface area contributed by atoms with E-state index in [2.05, 4.69) is 4.98 Å². The second-order valence-electron chi connectivity index (χ2n) is 8.32. The predicted octanol–water partition coefficient (Wildman–Crippen LogP) is 2.49. The monoisotopic (exact) mass is 377 g/mol. The molecule has 6 nitrogen and oxygen atoms in total. The van der Waals surface area contributed by atoms with E-state index in [0.717, 1.165) is 11.1 Å². The molecule has 0 aliphatic heterocycles. The highest BCUT2D eigenvalue weighted by molar-refractivity contribution is 6.02. The van der Waals surface area contributed by atoms with Gasteiger partial charge in [0.1, 0.15) is 5.65 Å². The van der Waals surface area contributed by atoms with Crippen molar-refractivity contribution in [3.8, 4) is 0 Å². The van der Waals surface area contributed by atoms with Gasteiger partial charge in [-0.3, -0.25) is 18.7 Å². The number of hydrogen-bond donors (Lipinski definition) is 0. The summed E-state index contributed by atoms with van der Waals surface area (Å²) in [5.41, 5.74) is 1.66. The Morgan fingerprint density at radius 3 is 2.50 bits per heavy atom. The summed E-state index contributed by atoms with van der Waals surface area (Å²) in [6, 6.07) is 9.75. The fraction of sp³-hybridized carbons (Fsp3) is 0.364. The molecular weight excluding hydrogens is 354 g/mol. The first-order chi connectivity index (χ1) is 13.3. The lowest BCUT2D eigenvalue weighted by Crippen LogP contribution is -2.41. The van der Waals surface area contributed by atoms with Gasteiger partial charge in [-0.1, -0.05) is 44.2 Å². The summed E-state index contributed by atoms with van der Waals surface area (Å²) in [6.45, 7) is 4.33. The van der Waals surface area contributed by atoms with E-state index < -0.39 is 0 Å². The van der Waals surface area contributed by atoms with Crippen molar-refractivity contribution in [2.24, 2.45) is 12.5 Å². The fourth-order valence-electron chi connectivity index (χ4n) is 4.09. The molecule has 2 aromatic heterocycles. The Kier molecular flexibility index (Phi) is 4.29. The van der Waals surface area contributed by atoms with Gasteiger partial charge < -0.3 is 0 Å². The number of carbonyl (C=O) groups excluding carboxylic acids is 1. The van der Waals surface area contributed by atoms with E-state index in [0.29, 0.717) is 35.9 Å². The molecule has 144 valence electrons. The number of nitrogens with zero attached hydrogens (tertiary/aromatic N) is 3. The van der Waals surface area contributed by atoms with Crippen molar-refractivity contribution in [2.75, 3.05) is 0 Å². The molecule has 0 radical (unpaired) electrons. The van der Waals surface area contributed by atoms with Crippen molar-refractivity contribution >= 4 is 16.8 Å².